The van der Waals surface area contributed by atoms with Crippen LogP contribution in [0.15, 0.2) is 0 Å². The van der Waals surface area contributed by atoms with Crippen molar-refractivity contribution < 1.29 is 27.9 Å². The predicted octanol–water partition coefficient (Wildman–Crippen LogP) is 0.0660. The number of nitrogens with zero attached hydrogens (tertiary/aromatic N) is 1. The highest BCUT2D eigenvalue weighted by molar-refractivity contribution is 7.89. The van der Waals surface area contributed by atoms with Gasteiger partial charge in [0.1, 0.15) is 0 Å². The van der Waals surface area contributed by atoms with E-state index in [-0.39, 0.29) is 25.1 Å². The number of methoxy groups -OCH3 is 1. The lowest BCUT2D eigenvalue weighted by molar-refractivity contribution is -0.143. The molecule has 1 heterocycles. The standard InChI is InChI=1S/C11H19NO6S/c1-18-10(13)5-3-7-19(16,17)12-6-2-4-9(8-12)11(14)15/h9H,2-8H2,1H3,(H,14,15). The number of carbonyl (C=O) groups excluding carboxylic acids is 1. The van der Waals surface area contributed by atoms with Gasteiger partial charge in [0.15, 0.2) is 0 Å². The van der Waals surface area contributed by atoms with Crippen molar-refractivity contribution in [2.45, 2.75) is 25.7 Å². The molecule has 0 aromatic carbocycles. The third-order valence-corrected chi connectivity index (χ3v) is 5.06. The Morgan fingerprint density at radius 2 is 2.11 bits per heavy atom. The zero-order valence-corrected chi connectivity index (χ0v) is 11.7. The molecule has 0 radical (unpaired) electrons. The molecule has 1 N–H and O–H groups in total. The second kappa shape index (κ2) is 6.85. The largest absolute Gasteiger partial charge is 0.481 e. The molecular formula is C11H19NO6S. The maximum Gasteiger partial charge on any atom is 0.307 e. The van der Waals surface area contributed by atoms with Crippen LogP contribution in [-0.4, -0.2) is 55.7 Å². The smallest absolute Gasteiger partial charge is 0.307 e. The molecule has 0 saturated carbocycles. The van der Waals surface area contributed by atoms with Gasteiger partial charge in [0, 0.05) is 19.5 Å². The molecule has 0 amide bonds. The van der Waals surface area contributed by atoms with Gasteiger partial charge in [0.2, 0.25) is 10.0 Å². The summed E-state index contributed by atoms with van der Waals surface area (Å²) in [6, 6.07) is 0. The van der Waals surface area contributed by atoms with Crippen molar-refractivity contribution in [1.82, 2.24) is 4.31 Å². The molecule has 0 aliphatic carbocycles. The highest BCUT2D eigenvalue weighted by Gasteiger charge is 2.31. The van der Waals surface area contributed by atoms with Crippen LogP contribution in [0.4, 0.5) is 0 Å². The molecule has 0 aromatic rings. The molecule has 0 spiro atoms. The van der Waals surface area contributed by atoms with E-state index in [2.05, 4.69) is 4.74 Å². The zero-order chi connectivity index (χ0) is 14.5. The Kier molecular flexibility index (Phi) is 5.74. The summed E-state index contributed by atoms with van der Waals surface area (Å²) in [5, 5.41) is 8.92. The van der Waals surface area contributed by atoms with E-state index in [0.717, 1.165) is 0 Å². The first kappa shape index (κ1) is 15.9. The highest BCUT2D eigenvalue weighted by atomic mass is 32.2. The fourth-order valence-electron chi connectivity index (χ4n) is 2.03. The molecule has 1 aliphatic heterocycles. The van der Waals surface area contributed by atoms with Crippen LogP contribution >= 0.6 is 0 Å². The summed E-state index contributed by atoms with van der Waals surface area (Å²) in [6.07, 6.45) is 1.28. The van der Waals surface area contributed by atoms with E-state index in [1.165, 1.54) is 11.4 Å². The number of hydrogen-bond acceptors (Lipinski definition) is 5. The maximum atomic E-state index is 12.0. The zero-order valence-electron chi connectivity index (χ0n) is 10.9. The molecule has 0 aromatic heterocycles. The SMILES string of the molecule is COC(=O)CCCS(=O)(=O)N1CCCC(C(=O)O)C1. The van der Waals surface area contributed by atoms with Gasteiger partial charge < -0.3 is 9.84 Å². The van der Waals surface area contributed by atoms with Gasteiger partial charge in [-0.15, -0.1) is 0 Å². The van der Waals surface area contributed by atoms with Crippen molar-refractivity contribution in [1.29, 1.82) is 0 Å². The summed E-state index contributed by atoms with van der Waals surface area (Å²) in [4.78, 5) is 21.8. The van der Waals surface area contributed by atoms with E-state index in [1.807, 2.05) is 0 Å². The van der Waals surface area contributed by atoms with E-state index in [0.29, 0.717) is 19.4 Å². The van der Waals surface area contributed by atoms with Crippen LogP contribution < -0.4 is 0 Å². The molecule has 0 bridgehead atoms. The summed E-state index contributed by atoms with van der Waals surface area (Å²) in [5.41, 5.74) is 0. The number of sulfonamides is 1. The van der Waals surface area contributed by atoms with E-state index >= 15 is 0 Å². The van der Waals surface area contributed by atoms with Gasteiger partial charge in [0.05, 0.1) is 18.8 Å². The number of rotatable bonds is 6. The average molecular weight is 293 g/mol. The Morgan fingerprint density at radius 1 is 1.42 bits per heavy atom. The normalized spacial score (nSPS) is 21.0. The number of carboxylic acids is 1. The molecule has 8 heteroatoms. The van der Waals surface area contributed by atoms with Crippen molar-refractivity contribution in [2.75, 3.05) is 26.0 Å². The molecule has 110 valence electrons. The predicted molar refractivity (Wildman–Crippen MR) is 67.0 cm³/mol. The lowest BCUT2D eigenvalue weighted by Gasteiger charge is -2.29. The summed E-state index contributed by atoms with van der Waals surface area (Å²) in [5.74, 6) is -2.20. The molecular weight excluding hydrogens is 274 g/mol. The van der Waals surface area contributed by atoms with Crippen molar-refractivity contribution in [3.63, 3.8) is 0 Å². The minimum atomic E-state index is -3.49. The molecule has 1 saturated heterocycles. The fraction of sp³-hybridized carbons (Fsp3) is 0.818. The quantitative estimate of drug-likeness (QED) is 0.695. The Balaban J connectivity index is 2.52. The van der Waals surface area contributed by atoms with Gasteiger partial charge in [-0.1, -0.05) is 0 Å². The number of carbonyl (C=O) groups is 2. The van der Waals surface area contributed by atoms with Crippen molar-refractivity contribution in [3.8, 4) is 0 Å². The van der Waals surface area contributed by atoms with Gasteiger partial charge >= 0.3 is 11.9 Å². The molecule has 1 aliphatic rings. The van der Waals surface area contributed by atoms with Crippen LogP contribution in [-0.2, 0) is 24.3 Å². The first-order chi connectivity index (χ1) is 8.86. The third kappa shape index (κ3) is 4.79. The minimum absolute atomic E-state index is 0.0237. The lowest BCUT2D eigenvalue weighted by Crippen LogP contribution is -2.43. The monoisotopic (exact) mass is 293 g/mol. The summed E-state index contributed by atoms with van der Waals surface area (Å²) >= 11 is 0. The number of ether oxygens (including phenoxy) is 1. The van der Waals surface area contributed by atoms with Gasteiger partial charge in [0.25, 0.3) is 0 Å². The number of hydrogen-bond donors (Lipinski definition) is 1. The first-order valence-corrected chi connectivity index (χ1v) is 7.75. The van der Waals surface area contributed by atoms with Crippen LogP contribution in [0.25, 0.3) is 0 Å². The van der Waals surface area contributed by atoms with Crippen molar-refractivity contribution in [3.05, 3.63) is 0 Å². The topological polar surface area (TPSA) is 101 Å². The molecule has 1 atom stereocenters. The van der Waals surface area contributed by atoms with Crippen LogP contribution in [0.3, 0.4) is 0 Å². The van der Waals surface area contributed by atoms with E-state index < -0.39 is 27.9 Å². The molecule has 1 unspecified atom stereocenters. The van der Waals surface area contributed by atoms with Crippen LogP contribution in [0.5, 0.6) is 0 Å². The summed E-state index contributed by atoms with van der Waals surface area (Å²) < 4.78 is 29.7. The van der Waals surface area contributed by atoms with Gasteiger partial charge in [-0.25, -0.2) is 12.7 Å². The maximum absolute atomic E-state index is 12.0. The van der Waals surface area contributed by atoms with Gasteiger partial charge in [-0.3, -0.25) is 9.59 Å². The van der Waals surface area contributed by atoms with Crippen LogP contribution in [0.2, 0.25) is 0 Å². The third-order valence-electron chi connectivity index (χ3n) is 3.14. The molecule has 1 fully saturated rings. The number of piperidine rings is 1. The van der Waals surface area contributed by atoms with Gasteiger partial charge in [-0.05, 0) is 19.3 Å². The average Bonchev–Trinajstić information content (AvgIpc) is 2.38. The molecule has 1 rings (SSSR count). The Hall–Kier alpha value is -1.15. The number of carboxylic acid groups (broad SMARTS) is 1. The van der Waals surface area contributed by atoms with Crippen molar-refractivity contribution in [2.24, 2.45) is 5.92 Å². The van der Waals surface area contributed by atoms with Gasteiger partial charge in [-0.2, -0.15) is 0 Å². The Labute approximate surface area is 112 Å². The number of esters is 1. The minimum Gasteiger partial charge on any atom is -0.481 e. The second-order valence-electron chi connectivity index (χ2n) is 4.53. The first-order valence-electron chi connectivity index (χ1n) is 6.14. The Bertz CT molecular complexity index is 432. The summed E-state index contributed by atoms with van der Waals surface area (Å²) in [6.45, 7) is 0.375. The van der Waals surface area contributed by atoms with Crippen molar-refractivity contribution >= 4 is 22.0 Å². The van der Waals surface area contributed by atoms with E-state index in [4.69, 9.17) is 5.11 Å². The second-order valence-corrected chi connectivity index (χ2v) is 6.62. The Morgan fingerprint density at radius 3 is 2.68 bits per heavy atom. The van der Waals surface area contributed by atoms with E-state index in [9.17, 15) is 18.0 Å². The number of aliphatic carboxylic acids is 1. The van der Waals surface area contributed by atoms with Crippen LogP contribution in [0, 0.1) is 5.92 Å². The van der Waals surface area contributed by atoms with Crippen LogP contribution in [0.1, 0.15) is 25.7 Å². The highest BCUT2D eigenvalue weighted by Crippen LogP contribution is 2.20. The fourth-order valence-corrected chi connectivity index (χ4v) is 3.61. The van der Waals surface area contributed by atoms with E-state index in [1.54, 1.807) is 0 Å². The summed E-state index contributed by atoms with van der Waals surface area (Å²) in [7, 11) is -2.24. The molecule has 7 nitrogen and oxygen atoms in total. The molecule has 19 heavy (non-hydrogen) atoms. The lowest BCUT2D eigenvalue weighted by atomic mass is 10.0.